The van der Waals surface area contributed by atoms with Gasteiger partial charge in [0.15, 0.2) is 17.5 Å². The van der Waals surface area contributed by atoms with Crippen LogP contribution in [0.15, 0.2) is 23.2 Å². The molecular formula is C15H22FIN4O2. The predicted octanol–water partition coefficient (Wildman–Crippen LogP) is 1.48. The van der Waals surface area contributed by atoms with E-state index in [-0.39, 0.29) is 41.7 Å². The van der Waals surface area contributed by atoms with Crippen molar-refractivity contribution in [2.45, 2.75) is 32.4 Å². The number of aromatic hydroxyl groups is 1. The molecule has 0 bridgehead atoms. The highest BCUT2D eigenvalue weighted by Crippen LogP contribution is 2.16. The summed E-state index contributed by atoms with van der Waals surface area (Å²) in [6, 6.07) is 4.35. The van der Waals surface area contributed by atoms with Gasteiger partial charge in [-0.2, -0.15) is 0 Å². The van der Waals surface area contributed by atoms with Gasteiger partial charge in [0.25, 0.3) is 0 Å². The first-order valence-corrected chi connectivity index (χ1v) is 7.37. The molecule has 0 radical (unpaired) electrons. The fraction of sp³-hybridized carbons (Fsp3) is 0.467. The first kappa shape index (κ1) is 19.5. The molecule has 1 aromatic rings. The number of benzene rings is 1. The van der Waals surface area contributed by atoms with Gasteiger partial charge in [-0.15, -0.1) is 24.0 Å². The van der Waals surface area contributed by atoms with Crippen molar-refractivity contribution in [2.75, 3.05) is 13.1 Å². The lowest BCUT2D eigenvalue weighted by Gasteiger charge is -2.25. The number of hydrogen-bond acceptors (Lipinski definition) is 3. The molecule has 1 saturated heterocycles. The van der Waals surface area contributed by atoms with Crippen molar-refractivity contribution in [3.8, 4) is 5.75 Å². The van der Waals surface area contributed by atoms with Crippen LogP contribution in [-0.4, -0.2) is 36.1 Å². The van der Waals surface area contributed by atoms with Crippen LogP contribution in [0, 0.1) is 5.82 Å². The lowest BCUT2D eigenvalue weighted by molar-refractivity contribution is -0.122. The summed E-state index contributed by atoms with van der Waals surface area (Å²) >= 11 is 0. The van der Waals surface area contributed by atoms with E-state index in [2.05, 4.69) is 20.9 Å². The molecule has 1 aromatic carbocycles. The van der Waals surface area contributed by atoms with Gasteiger partial charge in [0, 0.05) is 25.6 Å². The Labute approximate surface area is 152 Å². The topological polar surface area (TPSA) is 85.8 Å². The number of nitrogens with zero attached hydrogens (tertiary/aromatic N) is 1. The molecule has 128 valence electrons. The third-order valence-corrected chi connectivity index (χ3v) is 3.38. The highest BCUT2D eigenvalue weighted by molar-refractivity contribution is 14.0. The molecule has 4 N–H and O–H groups in total. The number of guanidine groups is 1. The second-order valence-corrected chi connectivity index (χ2v) is 5.16. The Morgan fingerprint density at radius 3 is 2.91 bits per heavy atom. The van der Waals surface area contributed by atoms with E-state index in [9.17, 15) is 14.3 Å². The zero-order valence-electron chi connectivity index (χ0n) is 12.9. The highest BCUT2D eigenvalue weighted by atomic mass is 127. The fourth-order valence-corrected chi connectivity index (χ4v) is 2.19. The van der Waals surface area contributed by atoms with Crippen molar-refractivity contribution >= 4 is 35.8 Å². The molecule has 0 aromatic heterocycles. The zero-order chi connectivity index (χ0) is 15.9. The average Bonchev–Trinajstić information content (AvgIpc) is 2.50. The monoisotopic (exact) mass is 436 g/mol. The van der Waals surface area contributed by atoms with Crippen LogP contribution in [0.3, 0.4) is 0 Å². The summed E-state index contributed by atoms with van der Waals surface area (Å²) in [6.07, 6.45) is 1.25. The van der Waals surface area contributed by atoms with Crippen molar-refractivity contribution < 1.29 is 14.3 Å². The molecule has 8 heteroatoms. The van der Waals surface area contributed by atoms with Gasteiger partial charge < -0.3 is 21.1 Å². The van der Waals surface area contributed by atoms with Gasteiger partial charge in [-0.25, -0.2) is 9.38 Å². The van der Waals surface area contributed by atoms with Crippen LogP contribution in [0.5, 0.6) is 5.75 Å². The molecule has 6 nitrogen and oxygen atoms in total. The number of amides is 1. The number of rotatable bonds is 4. The molecule has 1 amide bonds. The molecule has 1 aliphatic heterocycles. The minimum absolute atomic E-state index is 0. The van der Waals surface area contributed by atoms with Gasteiger partial charge in [0.05, 0.1) is 6.54 Å². The number of aliphatic imine (C=N–C) groups is 1. The normalized spacial score (nSPS) is 17.9. The molecule has 23 heavy (non-hydrogen) atoms. The number of nitrogens with one attached hydrogen (secondary N) is 3. The van der Waals surface area contributed by atoms with E-state index in [0.717, 1.165) is 6.42 Å². The molecule has 1 aliphatic rings. The number of phenolic OH excluding ortho intramolecular Hbond substituents is 1. The van der Waals surface area contributed by atoms with Gasteiger partial charge >= 0.3 is 0 Å². The molecular weight excluding hydrogens is 414 g/mol. The highest BCUT2D eigenvalue weighted by Gasteiger charge is 2.18. The summed E-state index contributed by atoms with van der Waals surface area (Å²) in [6.45, 7) is 3.53. The van der Waals surface area contributed by atoms with Crippen LogP contribution in [0.25, 0.3) is 0 Å². The van der Waals surface area contributed by atoms with Gasteiger partial charge in [-0.1, -0.05) is 6.07 Å². The summed E-state index contributed by atoms with van der Waals surface area (Å²) in [4.78, 5) is 15.6. The van der Waals surface area contributed by atoms with Crippen LogP contribution in [0.2, 0.25) is 0 Å². The predicted molar refractivity (Wildman–Crippen MR) is 97.5 cm³/mol. The SMILES string of the molecule is CCNC(=NCc1ccc(O)c(F)c1)NC1CCC(=O)NC1.I. The van der Waals surface area contributed by atoms with E-state index in [1.807, 2.05) is 6.92 Å². The quantitative estimate of drug-likeness (QED) is 0.327. The number of halogens is 2. The van der Waals surface area contributed by atoms with E-state index in [1.165, 1.54) is 12.1 Å². The van der Waals surface area contributed by atoms with Gasteiger partial charge in [0.1, 0.15) is 0 Å². The molecule has 1 fully saturated rings. The molecule has 0 aliphatic carbocycles. The van der Waals surface area contributed by atoms with Crippen molar-refractivity contribution in [1.82, 2.24) is 16.0 Å². The Bertz CT molecular complexity index is 558. The minimum Gasteiger partial charge on any atom is -0.505 e. The van der Waals surface area contributed by atoms with E-state index in [0.29, 0.717) is 37.6 Å². The first-order chi connectivity index (χ1) is 10.6. The molecule has 1 atom stereocenters. The first-order valence-electron chi connectivity index (χ1n) is 7.37. The maximum atomic E-state index is 13.3. The Morgan fingerprint density at radius 2 is 2.30 bits per heavy atom. The van der Waals surface area contributed by atoms with Crippen molar-refractivity contribution in [3.63, 3.8) is 0 Å². The van der Waals surface area contributed by atoms with Crippen LogP contribution in [0.1, 0.15) is 25.3 Å². The van der Waals surface area contributed by atoms with Gasteiger partial charge in [-0.3, -0.25) is 4.79 Å². The fourth-order valence-electron chi connectivity index (χ4n) is 2.19. The lowest BCUT2D eigenvalue weighted by Crippen LogP contribution is -2.51. The van der Waals surface area contributed by atoms with E-state index >= 15 is 0 Å². The Morgan fingerprint density at radius 1 is 1.52 bits per heavy atom. The van der Waals surface area contributed by atoms with E-state index in [1.54, 1.807) is 6.07 Å². The number of phenols is 1. The maximum absolute atomic E-state index is 13.3. The Balaban J connectivity index is 0.00000264. The summed E-state index contributed by atoms with van der Waals surface area (Å²) in [5.74, 6) is -0.326. The summed E-state index contributed by atoms with van der Waals surface area (Å²) in [7, 11) is 0. The number of hydrogen-bond donors (Lipinski definition) is 4. The van der Waals surface area contributed by atoms with E-state index < -0.39 is 5.82 Å². The van der Waals surface area contributed by atoms with Crippen molar-refractivity contribution in [1.29, 1.82) is 0 Å². The number of carbonyl (C=O) groups is 1. The Hall–Kier alpha value is -1.58. The average molecular weight is 436 g/mol. The third kappa shape index (κ3) is 6.20. The van der Waals surface area contributed by atoms with Gasteiger partial charge in [0.2, 0.25) is 5.91 Å². The van der Waals surface area contributed by atoms with Gasteiger partial charge in [-0.05, 0) is 31.0 Å². The molecule has 2 rings (SSSR count). The second-order valence-electron chi connectivity index (χ2n) is 5.16. The zero-order valence-corrected chi connectivity index (χ0v) is 15.3. The standard InChI is InChI=1S/C15H21FN4O2.HI/c1-2-17-15(20-11-4-6-14(22)18-9-11)19-8-10-3-5-13(21)12(16)7-10;/h3,5,7,11,21H,2,4,6,8-9H2,1H3,(H,18,22)(H2,17,19,20);1H. The third-order valence-electron chi connectivity index (χ3n) is 3.38. The number of piperidine rings is 1. The van der Waals surface area contributed by atoms with Crippen LogP contribution in [-0.2, 0) is 11.3 Å². The lowest BCUT2D eigenvalue weighted by atomic mass is 10.1. The molecule has 0 saturated carbocycles. The summed E-state index contributed by atoms with van der Waals surface area (Å²) in [5.41, 5.74) is 0.671. The van der Waals surface area contributed by atoms with E-state index in [4.69, 9.17) is 0 Å². The van der Waals surface area contributed by atoms with Crippen LogP contribution >= 0.6 is 24.0 Å². The van der Waals surface area contributed by atoms with Crippen molar-refractivity contribution in [2.24, 2.45) is 4.99 Å². The molecule has 1 heterocycles. The summed E-state index contributed by atoms with van der Waals surface area (Å²) in [5, 5.41) is 18.4. The van der Waals surface area contributed by atoms with Crippen molar-refractivity contribution in [3.05, 3.63) is 29.6 Å². The van der Waals surface area contributed by atoms with Crippen LogP contribution < -0.4 is 16.0 Å². The largest absolute Gasteiger partial charge is 0.505 e. The van der Waals surface area contributed by atoms with Crippen LogP contribution in [0.4, 0.5) is 4.39 Å². The second kappa shape index (κ2) is 9.53. The minimum atomic E-state index is -0.652. The molecule has 0 spiro atoms. The smallest absolute Gasteiger partial charge is 0.220 e. The maximum Gasteiger partial charge on any atom is 0.220 e. The molecule has 1 unspecified atom stereocenters. The Kier molecular flexibility index (Phi) is 8.07. The number of carbonyl (C=O) groups excluding carboxylic acids is 1. The summed E-state index contributed by atoms with van der Waals surface area (Å²) < 4.78 is 13.3.